The van der Waals surface area contributed by atoms with Crippen molar-refractivity contribution in [1.29, 1.82) is 0 Å². The normalized spacial score (nSPS) is 16.8. The Morgan fingerprint density at radius 3 is 2.78 bits per heavy atom. The van der Waals surface area contributed by atoms with Crippen LogP contribution in [0.15, 0.2) is 12.3 Å². The van der Waals surface area contributed by atoms with Crippen molar-refractivity contribution in [2.24, 2.45) is 5.92 Å². The number of aliphatic hydroxyl groups excluding tert-OH is 1. The van der Waals surface area contributed by atoms with Gasteiger partial charge in [-0.15, -0.1) is 0 Å². The number of aliphatic hydroxyl groups is 1. The zero-order valence-electron chi connectivity index (χ0n) is 13.3. The molecule has 1 aromatic rings. The number of rotatable bonds is 6. The summed E-state index contributed by atoms with van der Waals surface area (Å²) < 4.78 is 0. The molecule has 1 unspecified atom stereocenters. The highest BCUT2D eigenvalue weighted by Crippen LogP contribution is 2.28. The Morgan fingerprint density at radius 1 is 1.48 bits per heavy atom. The SMILES string of the molecule is Cc1ncc([N+](=O)[O-])cc1C(=O)NC(CCO)C1CCCCC1. The average molecular weight is 321 g/mol. The average Bonchev–Trinajstić information content (AvgIpc) is 2.55. The maximum atomic E-state index is 12.5. The lowest BCUT2D eigenvalue weighted by Crippen LogP contribution is -2.42. The van der Waals surface area contributed by atoms with Crippen LogP contribution in [0.3, 0.4) is 0 Å². The van der Waals surface area contributed by atoms with Crippen LogP contribution >= 0.6 is 0 Å². The van der Waals surface area contributed by atoms with Crippen LogP contribution < -0.4 is 5.32 Å². The molecule has 23 heavy (non-hydrogen) atoms. The van der Waals surface area contributed by atoms with Gasteiger partial charge in [-0.2, -0.15) is 0 Å². The van der Waals surface area contributed by atoms with Gasteiger partial charge < -0.3 is 10.4 Å². The van der Waals surface area contributed by atoms with Gasteiger partial charge in [-0.3, -0.25) is 19.9 Å². The molecule has 1 aliphatic carbocycles. The third-order valence-corrected chi connectivity index (χ3v) is 4.50. The molecule has 1 heterocycles. The predicted molar refractivity (Wildman–Crippen MR) is 85.2 cm³/mol. The van der Waals surface area contributed by atoms with Crippen molar-refractivity contribution >= 4 is 11.6 Å². The van der Waals surface area contributed by atoms with Crippen LogP contribution in [0.4, 0.5) is 5.69 Å². The molecular formula is C16H23N3O4. The van der Waals surface area contributed by atoms with Crippen LogP contribution in [0.2, 0.25) is 0 Å². The Morgan fingerprint density at radius 2 is 2.17 bits per heavy atom. The number of carbonyl (C=O) groups is 1. The second-order valence-corrected chi connectivity index (χ2v) is 6.07. The van der Waals surface area contributed by atoms with Crippen molar-refractivity contribution in [3.63, 3.8) is 0 Å². The number of carbonyl (C=O) groups excluding carboxylic acids is 1. The molecule has 7 nitrogen and oxygen atoms in total. The Hall–Kier alpha value is -2.02. The van der Waals surface area contributed by atoms with Crippen LogP contribution in [0.1, 0.15) is 54.6 Å². The van der Waals surface area contributed by atoms with Gasteiger partial charge in [-0.25, -0.2) is 0 Å². The fraction of sp³-hybridized carbons (Fsp3) is 0.625. The maximum absolute atomic E-state index is 12.5. The van der Waals surface area contributed by atoms with Crippen molar-refractivity contribution in [1.82, 2.24) is 10.3 Å². The Kier molecular flexibility index (Phi) is 6.04. The first-order chi connectivity index (χ1) is 11.0. The van der Waals surface area contributed by atoms with Crippen molar-refractivity contribution in [2.45, 2.75) is 51.5 Å². The Balaban J connectivity index is 2.14. The van der Waals surface area contributed by atoms with E-state index in [9.17, 15) is 20.0 Å². The van der Waals surface area contributed by atoms with Crippen molar-refractivity contribution in [3.05, 3.63) is 33.6 Å². The van der Waals surface area contributed by atoms with Gasteiger partial charge in [-0.05, 0) is 32.1 Å². The molecule has 126 valence electrons. The fourth-order valence-electron chi connectivity index (χ4n) is 3.20. The first-order valence-corrected chi connectivity index (χ1v) is 8.05. The summed E-state index contributed by atoms with van der Waals surface area (Å²) >= 11 is 0. The summed E-state index contributed by atoms with van der Waals surface area (Å²) in [6.45, 7) is 1.66. The molecule has 1 saturated carbocycles. The molecule has 1 atom stereocenters. The number of nitrogens with one attached hydrogen (secondary N) is 1. The lowest BCUT2D eigenvalue weighted by Gasteiger charge is -2.30. The molecule has 2 N–H and O–H groups in total. The second-order valence-electron chi connectivity index (χ2n) is 6.07. The molecule has 0 radical (unpaired) electrons. The minimum atomic E-state index is -0.560. The minimum absolute atomic E-state index is 0.00756. The molecule has 0 bridgehead atoms. The number of hydrogen-bond donors (Lipinski definition) is 2. The van der Waals surface area contributed by atoms with Gasteiger partial charge in [-0.1, -0.05) is 19.3 Å². The van der Waals surface area contributed by atoms with Crippen LogP contribution in [0, 0.1) is 23.0 Å². The maximum Gasteiger partial charge on any atom is 0.288 e. The number of amides is 1. The van der Waals surface area contributed by atoms with E-state index in [2.05, 4.69) is 10.3 Å². The first-order valence-electron chi connectivity index (χ1n) is 8.05. The molecule has 2 rings (SSSR count). The molecular weight excluding hydrogens is 298 g/mol. The number of aromatic nitrogens is 1. The van der Waals surface area contributed by atoms with E-state index < -0.39 is 4.92 Å². The molecule has 1 fully saturated rings. The van der Waals surface area contributed by atoms with Gasteiger partial charge in [0.15, 0.2) is 0 Å². The van der Waals surface area contributed by atoms with Gasteiger partial charge in [0.05, 0.1) is 16.2 Å². The van der Waals surface area contributed by atoms with E-state index in [1.54, 1.807) is 6.92 Å². The molecule has 0 aromatic carbocycles. The van der Waals surface area contributed by atoms with Crippen molar-refractivity contribution in [3.8, 4) is 0 Å². The Bertz CT molecular complexity index is 570. The minimum Gasteiger partial charge on any atom is -0.396 e. The Labute approximate surface area is 135 Å². The summed E-state index contributed by atoms with van der Waals surface area (Å²) in [5.41, 5.74) is 0.481. The molecule has 0 saturated heterocycles. The van der Waals surface area contributed by atoms with Crippen LogP contribution in [0.25, 0.3) is 0 Å². The standard InChI is InChI=1S/C16H23N3O4/c1-11-14(9-13(10-17-11)19(22)23)16(21)18-15(7-8-20)12-5-3-2-4-6-12/h9-10,12,15,20H,2-8H2,1H3,(H,18,21). The first kappa shape index (κ1) is 17.3. The monoisotopic (exact) mass is 321 g/mol. The summed E-state index contributed by atoms with van der Waals surface area (Å²) in [5.74, 6) is -0.00506. The van der Waals surface area contributed by atoms with E-state index in [-0.39, 0.29) is 29.8 Å². The number of nitrogens with zero attached hydrogens (tertiary/aromatic N) is 2. The summed E-state index contributed by atoms with van der Waals surface area (Å²) in [7, 11) is 0. The number of pyridine rings is 1. The smallest absolute Gasteiger partial charge is 0.288 e. The largest absolute Gasteiger partial charge is 0.396 e. The quantitative estimate of drug-likeness (QED) is 0.618. The van der Waals surface area contributed by atoms with Crippen LogP contribution in [0.5, 0.6) is 0 Å². The van der Waals surface area contributed by atoms with Crippen molar-refractivity contribution < 1.29 is 14.8 Å². The topological polar surface area (TPSA) is 105 Å². The highest BCUT2D eigenvalue weighted by atomic mass is 16.6. The molecule has 0 spiro atoms. The number of hydrogen-bond acceptors (Lipinski definition) is 5. The van der Waals surface area contributed by atoms with E-state index >= 15 is 0 Å². The third kappa shape index (κ3) is 4.48. The highest BCUT2D eigenvalue weighted by molar-refractivity contribution is 5.95. The number of aryl methyl sites for hydroxylation is 1. The van der Waals surface area contributed by atoms with E-state index in [1.807, 2.05) is 0 Å². The molecule has 1 aromatic heterocycles. The number of nitro groups is 1. The van der Waals surface area contributed by atoms with Crippen molar-refractivity contribution in [2.75, 3.05) is 6.61 Å². The van der Waals surface area contributed by atoms with Gasteiger partial charge >= 0.3 is 0 Å². The lowest BCUT2D eigenvalue weighted by molar-refractivity contribution is -0.385. The summed E-state index contributed by atoms with van der Waals surface area (Å²) in [6, 6.07) is 1.15. The van der Waals surface area contributed by atoms with E-state index in [1.165, 1.54) is 12.5 Å². The predicted octanol–water partition coefficient (Wildman–Crippen LogP) is 2.36. The lowest BCUT2D eigenvalue weighted by atomic mass is 9.82. The van der Waals surface area contributed by atoms with Gasteiger partial charge in [0.1, 0.15) is 6.20 Å². The zero-order valence-corrected chi connectivity index (χ0v) is 13.3. The molecule has 1 amide bonds. The van der Waals surface area contributed by atoms with E-state index in [0.717, 1.165) is 31.9 Å². The fourth-order valence-corrected chi connectivity index (χ4v) is 3.20. The third-order valence-electron chi connectivity index (χ3n) is 4.50. The summed E-state index contributed by atoms with van der Waals surface area (Å²) in [4.78, 5) is 26.7. The zero-order chi connectivity index (χ0) is 16.8. The summed E-state index contributed by atoms with van der Waals surface area (Å²) in [5, 5.41) is 23.1. The molecule has 7 heteroatoms. The van der Waals surface area contributed by atoms with Gasteiger partial charge in [0.25, 0.3) is 11.6 Å². The summed E-state index contributed by atoms with van der Waals surface area (Å²) in [6.07, 6.45) is 7.22. The van der Waals surface area contributed by atoms with Gasteiger partial charge in [0.2, 0.25) is 0 Å². The van der Waals surface area contributed by atoms with Gasteiger partial charge in [0, 0.05) is 18.7 Å². The second kappa shape index (κ2) is 8.01. The van der Waals surface area contributed by atoms with E-state index in [4.69, 9.17) is 0 Å². The molecule has 0 aliphatic heterocycles. The molecule has 1 aliphatic rings. The van der Waals surface area contributed by atoms with E-state index in [0.29, 0.717) is 18.0 Å². The van der Waals surface area contributed by atoms with Crippen LogP contribution in [-0.4, -0.2) is 33.6 Å². The highest BCUT2D eigenvalue weighted by Gasteiger charge is 2.26. The van der Waals surface area contributed by atoms with Crippen LogP contribution in [-0.2, 0) is 0 Å².